The highest BCUT2D eigenvalue weighted by atomic mass is 16.5. The van der Waals surface area contributed by atoms with Gasteiger partial charge in [-0.15, -0.1) is 0 Å². The van der Waals surface area contributed by atoms with Gasteiger partial charge >= 0.3 is 6.09 Å². The van der Waals surface area contributed by atoms with Crippen LogP contribution in [-0.2, 0) is 20.7 Å². The van der Waals surface area contributed by atoms with E-state index in [4.69, 9.17) is 10.5 Å². The predicted octanol–water partition coefficient (Wildman–Crippen LogP) is 0.534. The van der Waals surface area contributed by atoms with E-state index in [1.54, 1.807) is 0 Å². The van der Waals surface area contributed by atoms with E-state index in [0.29, 0.717) is 0 Å². The highest BCUT2D eigenvalue weighted by Crippen LogP contribution is 2.52. The lowest BCUT2D eigenvalue weighted by molar-refractivity contribution is -0.148. The van der Waals surface area contributed by atoms with Crippen molar-refractivity contribution in [2.45, 2.75) is 43.4 Å². The van der Waals surface area contributed by atoms with Crippen molar-refractivity contribution in [2.75, 3.05) is 27.7 Å². The smallest absolute Gasteiger partial charge is 0.410 e. The van der Waals surface area contributed by atoms with Gasteiger partial charge in [0, 0.05) is 23.1 Å². The van der Waals surface area contributed by atoms with Gasteiger partial charge in [-0.3, -0.25) is 29.0 Å². The summed E-state index contributed by atoms with van der Waals surface area (Å²) < 4.78 is 4.81. The van der Waals surface area contributed by atoms with Gasteiger partial charge in [0.05, 0.1) is 25.3 Å². The molecule has 4 aliphatic rings. The second kappa shape index (κ2) is 9.70. The Hall–Kier alpha value is -4.23. The number of ketones is 3. The molecule has 13 heteroatoms. The van der Waals surface area contributed by atoms with Crippen LogP contribution < -0.4 is 5.73 Å². The number of hydrogen-bond acceptors (Lipinski definition) is 11. The number of nitrogens with two attached hydrogens (primary N) is 1. The predicted molar refractivity (Wildman–Crippen MR) is 140 cm³/mol. The summed E-state index contributed by atoms with van der Waals surface area (Å²) in [6, 6.07) is 1.25. The molecule has 0 spiro atoms. The van der Waals surface area contributed by atoms with Crippen molar-refractivity contribution in [3.63, 3.8) is 0 Å². The first-order chi connectivity index (χ1) is 19.2. The summed E-state index contributed by atoms with van der Waals surface area (Å²) in [6.07, 6.45) is 0.639. The Morgan fingerprint density at radius 1 is 1.12 bits per heavy atom. The van der Waals surface area contributed by atoms with Gasteiger partial charge in [0.1, 0.15) is 22.8 Å². The van der Waals surface area contributed by atoms with Crippen molar-refractivity contribution >= 4 is 29.4 Å². The highest BCUT2D eigenvalue weighted by molar-refractivity contribution is 6.25. The van der Waals surface area contributed by atoms with Gasteiger partial charge in [0.15, 0.2) is 17.2 Å². The molecule has 0 radical (unpaired) electrons. The van der Waals surface area contributed by atoms with E-state index in [9.17, 15) is 44.4 Å². The Balaban J connectivity index is 1.61. The van der Waals surface area contributed by atoms with Crippen LogP contribution in [0.2, 0.25) is 0 Å². The summed E-state index contributed by atoms with van der Waals surface area (Å²) in [5, 5.41) is 44.6. The Kier molecular flexibility index (Phi) is 6.70. The molecule has 6 N–H and O–H groups in total. The molecule has 1 fully saturated rings. The number of nitrogens with zero attached hydrogens (tertiary/aromatic N) is 2. The van der Waals surface area contributed by atoms with Crippen LogP contribution in [0.25, 0.3) is 0 Å². The second-order valence-electron chi connectivity index (χ2n) is 11.2. The van der Waals surface area contributed by atoms with Gasteiger partial charge in [-0.2, -0.15) is 0 Å². The van der Waals surface area contributed by atoms with Gasteiger partial charge in [0.25, 0.3) is 5.91 Å². The monoisotopic (exact) mass is 569 g/mol. The summed E-state index contributed by atoms with van der Waals surface area (Å²) in [6.45, 7) is -0.310. The molecule has 0 aliphatic heterocycles. The normalized spacial score (nSPS) is 27.3. The maximum atomic E-state index is 13.8. The molecular weight excluding hydrogens is 538 g/mol. The minimum absolute atomic E-state index is 0.0360. The van der Waals surface area contributed by atoms with Gasteiger partial charge in [0.2, 0.25) is 5.78 Å². The number of Topliss-reactive ketones (excluding diaryl/α,β-unsaturated/α-hetero) is 3. The molecule has 0 unspecified atom stereocenters. The lowest BCUT2D eigenvalue weighted by Gasteiger charge is -2.50. The highest BCUT2D eigenvalue weighted by Gasteiger charge is 2.63. The minimum Gasteiger partial charge on any atom is -0.510 e. The number of allylic oxidation sites excluding steroid dienone is 1. The lowest BCUT2D eigenvalue weighted by Crippen LogP contribution is -2.63. The van der Waals surface area contributed by atoms with Gasteiger partial charge < -0.3 is 30.9 Å². The number of primary amides is 1. The third-order valence-corrected chi connectivity index (χ3v) is 8.62. The number of methoxy groups -OCH3 is 1. The number of benzene rings is 1. The van der Waals surface area contributed by atoms with E-state index in [-0.39, 0.29) is 47.7 Å². The van der Waals surface area contributed by atoms with E-state index >= 15 is 0 Å². The van der Waals surface area contributed by atoms with Crippen molar-refractivity contribution < 1.29 is 49.1 Å². The van der Waals surface area contributed by atoms with E-state index in [1.165, 1.54) is 37.1 Å². The Morgan fingerprint density at radius 3 is 2.34 bits per heavy atom. The molecule has 4 aliphatic carbocycles. The van der Waals surface area contributed by atoms with E-state index in [1.807, 2.05) is 0 Å². The fourth-order valence-corrected chi connectivity index (χ4v) is 6.60. The number of rotatable bonds is 6. The first-order valence-electron chi connectivity index (χ1n) is 13.1. The van der Waals surface area contributed by atoms with Crippen LogP contribution in [0.1, 0.15) is 45.5 Å². The number of carbonyl (C=O) groups excluding carboxylic acids is 5. The summed E-state index contributed by atoms with van der Waals surface area (Å²) in [5.74, 6) is -8.16. The fourth-order valence-electron chi connectivity index (χ4n) is 6.60. The standard InChI is InChI=1S/C28H31N3O10/c1-30(2)21-15-9-11-8-14-13(17(33)10-31(12-4-5-12)27(39)41-3)6-7-16(32)19(14)22(34)18(11)24(36)28(15,40)25(37)20(23(21)35)26(29)38/h6-7,11-12,15,21,32,35-36,40H,4-5,8-10H2,1-3H3,(H2,29,38)/t11-,15-,21+,28-/m0/s1. The van der Waals surface area contributed by atoms with Crippen LogP contribution in [0.3, 0.4) is 0 Å². The Bertz CT molecular complexity index is 1470. The molecular formula is C28H31N3O10. The molecule has 1 aromatic rings. The van der Waals surface area contributed by atoms with E-state index in [2.05, 4.69) is 0 Å². The number of aromatic hydroxyl groups is 1. The molecule has 4 atom stereocenters. The molecule has 41 heavy (non-hydrogen) atoms. The molecule has 2 amide bonds. The van der Waals surface area contributed by atoms with E-state index < -0.39 is 75.7 Å². The van der Waals surface area contributed by atoms with Crippen LogP contribution in [0, 0.1) is 11.8 Å². The zero-order valence-electron chi connectivity index (χ0n) is 22.7. The zero-order chi connectivity index (χ0) is 30.1. The molecule has 5 rings (SSSR count). The van der Waals surface area contributed by atoms with Crippen LogP contribution in [0.15, 0.2) is 34.8 Å². The molecule has 13 nitrogen and oxygen atoms in total. The second-order valence-corrected chi connectivity index (χ2v) is 11.2. The van der Waals surface area contributed by atoms with Crippen molar-refractivity contribution in [2.24, 2.45) is 17.6 Å². The van der Waals surface area contributed by atoms with Gasteiger partial charge in [-0.1, -0.05) is 0 Å². The summed E-state index contributed by atoms with van der Waals surface area (Å²) in [5.41, 5.74) is 1.41. The number of aliphatic hydroxyl groups excluding tert-OH is 2. The number of fused-ring (bicyclic) bond motifs is 3. The zero-order valence-corrected chi connectivity index (χ0v) is 22.7. The average Bonchev–Trinajstić information content (AvgIpc) is 3.74. The van der Waals surface area contributed by atoms with Crippen LogP contribution in [0.4, 0.5) is 4.79 Å². The topological polar surface area (TPSA) is 208 Å². The van der Waals surface area contributed by atoms with Crippen molar-refractivity contribution in [3.05, 3.63) is 51.5 Å². The number of hydrogen-bond donors (Lipinski definition) is 5. The van der Waals surface area contributed by atoms with Crippen LogP contribution in [-0.4, -0.2) is 105 Å². The quantitative estimate of drug-likeness (QED) is 0.236. The number of amides is 2. The largest absolute Gasteiger partial charge is 0.510 e. The average molecular weight is 570 g/mol. The van der Waals surface area contributed by atoms with Crippen molar-refractivity contribution in [1.82, 2.24) is 9.80 Å². The third-order valence-electron chi connectivity index (χ3n) is 8.62. The lowest BCUT2D eigenvalue weighted by atomic mass is 9.58. The molecule has 0 heterocycles. The molecule has 1 saturated carbocycles. The van der Waals surface area contributed by atoms with Crippen LogP contribution in [0.5, 0.6) is 5.75 Å². The molecule has 218 valence electrons. The molecule has 0 saturated heterocycles. The van der Waals surface area contributed by atoms with E-state index in [0.717, 1.165) is 18.9 Å². The molecule has 0 bridgehead atoms. The molecule has 1 aromatic carbocycles. The number of aliphatic hydroxyl groups is 3. The maximum absolute atomic E-state index is 13.8. The Labute approximate surface area is 234 Å². The fraction of sp³-hybridized carbons (Fsp3) is 0.464. The number of phenols is 1. The summed E-state index contributed by atoms with van der Waals surface area (Å²) in [4.78, 5) is 67.8. The maximum Gasteiger partial charge on any atom is 0.410 e. The number of ether oxygens (including phenoxy) is 1. The minimum atomic E-state index is -2.75. The first-order valence-corrected chi connectivity index (χ1v) is 13.1. The number of likely N-dealkylation sites (N-methyl/N-ethyl adjacent to an activating group) is 1. The van der Waals surface area contributed by atoms with Gasteiger partial charge in [-0.25, -0.2) is 4.79 Å². The number of phenolic OH excluding ortho intramolecular Hbond substituents is 1. The number of carbonyl (C=O) groups is 5. The van der Waals surface area contributed by atoms with Crippen LogP contribution >= 0.6 is 0 Å². The first kappa shape index (κ1) is 28.3. The Morgan fingerprint density at radius 2 is 1.78 bits per heavy atom. The summed E-state index contributed by atoms with van der Waals surface area (Å²) in [7, 11) is 4.29. The summed E-state index contributed by atoms with van der Waals surface area (Å²) >= 11 is 0. The van der Waals surface area contributed by atoms with Gasteiger partial charge in [-0.05, 0) is 63.4 Å². The SMILES string of the molecule is COC(=O)N(CC(=O)c1ccc(O)c2c1C[C@H]1C[C@H]3[C@@H](N(C)C)C(O)=C(C(N)=O)C(=O)[C@@]3(O)C(O)=C1C2=O)C1CC1. The third kappa shape index (κ3) is 4.10. The van der Waals surface area contributed by atoms with Crippen molar-refractivity contribution in [1.29, 1.82) is 0 Å². The van der Waals surface area contributed by atoms with Crippen molar-refractivity contribution in [3.8, 4) is 5.75 Å². The molecule has 0 aromatic heterocycles.